The van der Waals surface area contributed by atoms with Crippen LogP contribution in [0.1, 0.15) is 42.4 Å². The predicted molar refractivity (Wildman–Crippen MR) is 146 cm³/mol. The molecule has 34 heavy (non-hydrogen) atoms. The van der Waals surface area contributed by atoms with Gasteiger partial charge < -0.3 is 20.1 Å². The van der Waals surface area contributed by atoms with Crippen molar-refractivity contribution in [1.29, 1.82) is 0 Å². The fraction of sp³-hybridized carbons (Fsp3) is 0.385. The maximum atomic E-state index is 6.36. The highest BCUT2D eigenvalue weighted by Crippen LogP contribution is 2.34. The van der Waals surface area contributed by atoms with Crippen LogP contribution in [0, 0.1) is 0 Å². The Balaban J connectivity index is 0.00000324. The molecule has 1 aliphatic rings. The molecule has 1 heterocycles. The molecule has 0 amide bonds. The standard InChI is InChI=1S/C26H33N5O2.HI/c1-27-26(28-17-20-9-3-4-10-22(20)19-31-16-8-15-30-31)29-18-21-11-7-14-24(32-2)25(21)33-23-12-5-6-13-23;/h3-4,7-11,14-16,23H,5-6,12-13,17-19H2,1-2H3,(H2,27,28,29);1H. The topological polar surface area (TPSA) is 72.7 Å². The van der Waals surface area contributed by atoms with Crippen molar-refractivity contribution in [3.8, 4) is 11.5 Å². The molecule has 7 nitrogen and oxygen atoms in total. The molecule has 0 aliphatic heterocycles. The van der Waals surface area contributed by atoms with E-state index in [1.165, 1.54) is 24.0 Å². The average molecular weight is 575 g/mol. The second kappa shape index (κ2) is 13.2. The Labute approximate surface area is 219 Å². The van der Waals surface area contributed by atoms with Crippen LogP contribution in [-0.2, 0) is 19.6 Å². The molecule has 0 spiro atoms. The van der Waals surface area contributed by atoms with Gasteiger partial charge in [0.05, 0.1) is 19.8 Å². The Morgan fingerprint density at radius 2 is 1.71 bits per heavy atom. The summed E-state index contributed by atoms with van der Waals surface area (Å²) in [6, 6.07) is 16.4. The van der Waals surface area contributed by atoms with Crippen molar-refractivity contribution in [3.05, 3.63) is 77.6 Å². The van der Waals surface area contributed by atoms with Gasteiger partial charge in [0, 0.05) is 38.1 Å². The van der Waals surface area contributed by atoms with Crippen molar-refractivity contribution in [2.45, 2.75) is 51.4 Å². The van der Waals surface area contributed by atoms with Crippen LogP contribution in [0.25, 0.3) is 0 Å². The van der Waals surface area contributed by atoms with E-state index in [2.05, 4.69) is 51.1 Å². The van der Waals surface area contributed by atoms with E-state index < -0.39 is 0 Å². The van der Waals surface area contributed by atoms with Gasteiger partial charge in [-0.2, -0.15) is 5.10 Å². The number of hydrogen-bond acceptors (Lipinski definition) is 4. The molecule has 2 N–H and O–H groups in total. The van der Waals surface area contributed by atoms with Crippen LogP contribution >= 0.6 is 24.0 Å². The van der Waals surface area contributed by atoms with E-state index in [0.717, 1.165) is 42.4 Å². The van der Waals surface area contributed by atoms with Crippen LogP contribution in [0.2, 0.25) is 0 Å². The summed E-state index contributed by atoms with van der Waals surface area (Å²) < 4.78 is 13.9. The number of rotatable bonds is 9. The minimum atomic E-state index is 0. The second-order valence-electron chi connectivity index (χ2n) is 8.22. The Kier molecular flexibility index (Phi) is 10.1. The normalized spacial score (nSPS) is 13.9. The lowest BCUT2D eigenvalue weighted by Crippen LogP contribution is -2.36. The SMILES string of the molecule is CN=C(NCc1ccccc1Cn1cccn1)NCc1cccc(OC)c1OC1CCCC1.I. The fourth-order valence-corrected chi connectivity index (χ4v) is 4.20. The average Bonchev–Trinajstić information content (AvgIpc) is 3.55. The van der Waals surface area contributed by atoms with Crippen molar-refractivity contribution in [2.24, 2.45) is 4.99 Å². The molecule has 3 aromatic rings. The zero-order chi connectivity index (χ0) is 22.9. The molecular formula is C26H34IN5O2. The molecule has 0 radical (unpaired) electrons. The summed E-state index contributed by atoms with van der Waals surface area (Å²) in [5.74, 6) is 2.34. The Morgan fingerprint density at radius 1 is 1.00 bits per heavy atom. The minimum absolute atomic E-state index is 0. The first kappa shape index (κ1) is 25.9. The summed E-state index contributed by atoms with van der Waals surface area (Å²) in [5.41, 5.74) is 3.50. The third kappa shape index (κ3) is 6.88. The Morgan fingerprint density at radius 3 is 2.38 bits per heavy atom. The van der Waals surface area contributed by atoms with E-state index in [-0.39, 0.29) is 30.1 Å². The molecule has 0 bridgehead atoms. The lowest BCUT2D eigenvalue weighted by atomic mass is 10.1. The molecule has 0 unspecified atom stereocenters. The molecular weight excluding hydrogens is 541 g/mol. The van der Waals surface area contributed by atoms with E-state index in [1.807, 2.05) is 29.1 Å². The zero-order valence-electron chi connectivity index (χ0n) is 19.9. The Bertz CT molecular complexity index is 1050. The number of nitrogens with one attached hydrogen (secondary N) is 2. The molecule has 182 valence electrons. The van der Waals surface area contributed by atoms with E-state index in [4.69, 9.17) is 9.47 Å². The largest absolute Gasteiger partial charge is 0.493 e. The molecule has 2 aromatic carbocycles. The van der Waals surface area contributed by atoms with Crippen molar-refractivity contribution in [2.75, 3.05) is 14.2 Å². The van der Waals surface area contributed by atoms with Gasteiger partial charge in [-0.15, -0.1) is 24.0 Å². The number of para-hydroxylation sites is 1. The third-order valence-electron chi connectivity index (χ3n) is 5.99. The van der Waals surface area contributed by atoms with E-state index in [0.29, 0.717) is 13.1 Å². The van der Waals surface area contributed by atoms with Gasteiger partial charge in [0.15, 0.2) is 17.5 Å². The number of guanidine groups is 1. The number of ether oxygens (including phenoxy) is 2. The van der Waals surface area contributed by atoms with Gasteiger partial charge in [-0.1, -0.05) is 36.4 Å². The number of aliphatic imine (C=N–C) groups is 1. The number of benzene rings is 2. The highest BCUT2D eigenvalue weighted by Gasteiger charge is 2.20. The van der Waals surface area contributed by atoms with Gasteiger partial charge in [0.2, 0.25) is 0 Å². The maximum Gasteiger partial charge on any atom is 0.191 e. The quantitative estimate of drug-likeness (QED) is 0.219. The van der Waals surface area contributed by atoms with Gasteiger partial charge in [-0.3, -0.25) is 9.67 Å². The van der Waals surface area contributed by atoms with Crippen LogP contribution in [0.15, 0.2) is 65.9 Å². The number of hydrogen-bond donors (Lipinski definition) is 2. The van der Waals surface area contributed by atoms with Gasteiger partial charge >= 0.3 is 0 Å². The molecule has 1 saturated carbocycles. The molecule has 1 aromatic heterocycles. The van der Waals surface area contributed by atoms with Crippen molar-refractivity contribution in [1.82, 2.24) is 20.4 Å². The number of halogens is 1. The predicted octanol–water partition coefficient (Wildman–Crippen LogP) is 4.74. The van der Waals surface area contributed by atoms with Gasteiger partial charge in [0.25, 0.3) is 0 Å². The van der Waals surface area contributed by atoms with E-state index in [1.54, 1.807) is 20.4 Å². The van der Waals surface area contributed by atoms with Gasteiger partial charge in [0.1, 0.15) is 0 Å². The maximum absolute atomic E-state index is 6.36. The highest BCUT2D eigenvalue weighted by atomic mass is 127. The molecule has 1 aliphatic carbocycles. The first-order valence-electron chi connectivity index (χ1n) is 11.6. The first-order chi connectivity index (χ1) is 16.3. The van der Waals surface area contributed by atoms with Crippen LogP contribution in [0.4, 0.5) is 0 Å². The monoisotopic (exact) mass is 575 g/mol. The molecule has 0 atom stereocenters. The molecule has 8 heteroatoms. The van der Waals surface area contributed by atoms with Crippen molar-refractivity contribution in [3.63, 3.8) is 0 Å². The number of nitrogens with zero attached hydrogens (tertiary/aromatic N) is 3. The van der Waals surface area contributed by atoms with Crippen molar-refractivity contribution >= 4 is 29.9 Å². The molecule has 4 rings (SSSR count). The first-order valence-corrected chi connectivity index (χ1v) is 11.6. The second-order valence-corrected chi connectivity index (χ2v) is 8.22. The van der Waals surface area contributed by atoms with Crippen LogP contribution in [0.3, 0.4) is 0 Å². The van der Waals surface area contributed by atoms with Gasteiger partial charge in [-0.25, -0.2) is 0 Å². The Hall–Kier alpha value is -2.75. The minimum Gasteiger partial charge on any atom is -0.493 e. The fourth-order valence-electron chi connectivity index (χ4n) is 4.20. The summed E-state index contributed by atoms with van der Waals surface area (Å²) in [7, 11) is 3.47. The summed E-state index contributed by atoms with van der Waals surface area (Å²) in [5, 5.41) is 11.2. The summed E-state index contributed by atoms with van der Waals surface area (Å²) in [4.78, 5) is 4.40. The summed E-state index contributed by atoms with van der Waals surface area (Å²) >= 11 is 0. The van der Waals surface area contributed by atoms with Crippen LogP contribution in [-0.4, -0.2) is 36.0 Å². The molecule has 0 saturated heterocycles. The summed E-state index contributed by atoms with van der Waals surface area (Å²) in [6.45, 7) is 2.00. The highest BCUT2D eigenvalue weighted by molar-refractivity contribution is 14.0. The lowest BCUT2D eigenvalue weighted by molar-refractivity contribution is 0.198. The lowest BCUT2D eigenvalue weighted by Gasteiger charge is -2.20. The summed E-state index contributed by atoms with van der Waals surface area (Å²) in [6.07, 6.45) is 8.71. The third-order valence-corrected chi connectivity index (χ3v) is 5.99. The van der Waals surface area contributed by atoms with E-state index >= 15 is 0 Å². The smallest absolute Gasteiger partial charge is 0.191 e. The molecule has 1 fully saturated rings. The van der Waals surface area contributed by atoms with Crippen molar-refractivity contribution < 1.29 is 9.47 Å². The van der Waals surface area contributed by atoms with E-state index in [9.17, 15) is 0 Å². The van der Waals surface area contributed by atoms with Crippen LogP contribution < -0.4 is 20.1 Å². The van der Waals surface area contributed by atoms with Crippen LogP contribution in [0.5, 0.6) is 11.5 Å². The zero-order valence-corrected chi connectivity index (χ0v) is 22.2. The number of methoxy groups -OCH3 is 1. The van der Waals surface area contributed by atoms with Gasteiger partial charge in [-0.05, 0) is 48.9 Å². The number of aromatic nitrogens is 2.